The van der Waals surface area contributed by atoms with Crippen LogP contribution in [0.4, 0.5) is 5.69 Å². The summed E-state index contributed by atoms with van der Waals surface area (Å²) in [6, 6.07) is 7.34. The van der Waals surface area contributed by atoms with E-state index in [2.05, 4.69) is 5.32 Å². The Hall–Kier alpha value is -1.82. The molecule has 1 aromatic carbocycles. The SMILES string of the molecule is Cc1ccc(NC(=O)CN2C(=O)[C@@H](C)S[C@H](C)C2=O)cc1. The molecule has 0 saturated carbocycles. The lowest BCUT2D eigenvalue weighted by molar-refractivity contribution is -0.147. The van der Waals surface area contributed by atoms with Gasteiger partial charge in [-0.25, -0.2) is 0 Å². The van der Waals surface area contributed by atoms with E-state index < -0.39 is 0 Å². The van der Waals surface area contributed by atoms with Gasteiger partial charge in [0.15, 0.2) is 0 Å². The maximum atomic E-state index is 12.0. The normalized spacial score (nSPS) is 22.3. The van der Waals surface area contributed by atoms with Crippen molar-refractivity contribution in [3.05, 3.63) is 29.8 Å². The number of rotatable bonds is 3. The lowest BCUT2D eigenvalue weighted by Crippen LogP contribution is -2.52. The molecule has 6 heteroatoms. The van der Waals surface area contributed by atoms with Crippen LogP contribution in [0.25, 0.3) is 0 Å². The molecule has 112 valence electrons. The van der Waals surface area contributed by atoms with Gasteiger partial charge < -0.3 is 5.32 Å². The largest absolute Gasteiger partial charge is 0.325 e. The van der Waals surface area contributed by atoms with Crippen molar-refractivity contribution < 1.29 is 14.4 Å². The number of carbonyl (C=O) groups is 3. The molecule has 1 heterocycles. The standard InChI is InChI=1S/C15H18N2O3S/c1-9-4-6-12(7-5-9)16-13(18)8-17-14(19)10(2)21-11(3)15(17)20/h4-7,10-11H,8H2,1-3H3,(H,16,18)/t10-,11-/m1/s1. The first-order chi connectivity index (χ1) is 9.88. The van der Waals surface area contributed by atoms with Crippen LogP contribution in [0.1, 0.15) is 19.4 Å². The highest BCUT2D eigenvalue weighted by atomic mass is 32.2. The Labute approximate surface area is 128 Å². The van der Waals surface area contributed by atoms with Gasteiger partial charge in [-0.3, -0.25) is 19.3 Å². The maximum Gasteiger partial charge on any atom is 0.244 e. The summed E-state index contributed by atoms with van der Waals surface area (Å²) < 4.78 is 0. The van der Waals surface area contributed by atoms with Crippen molar-refractivity contribution in [2.45, 2.75) is 31.3 Å². The fourth-order valence-electron chi connectivity index (χ4n) is 2.11. The van der Waals surface area contributed by atoms with Gasteiger partial charge in [-0.2, -0.15) is 0 Å². The molecule has 21 heavy (non-hydrogen) atoms. The van der Waals surface area contributed by atoms with Crippen molar-refractivity contribution in [2.75, 3.05) is 11.9 Å². The van der Waals surface area contributed by atoms with Crippen LogP contribution in [0, 0.1) is 6.92 Å². The average Bonchev–Trinajstić information content (AvgIpc) is 2.44. The smallest absolute Gasteiger partial charge is 0.244 e. The number of hydrogen-bond donors (Lipinski definition) is 1. The average molecular weight is 306 g/mol. The van der Waals surface area contributed by atoms with E-state index in [-0.39, 0.29) is 34.8 Å². The molecule has 1 aromatic rings. The Bertz CT molecular complexity index is 551. The molecule has 2 rings (SSSR count). The van der Waals surface area contributed by atoms with E-state index in [0.717, 1.165) is 10.5 Å². The Kier molecular flexibility index (Phi) is 4.67. The number of hydrogen-bond acceptors (Lipinski definition) is 4. The van der Waals surface area contributed by atoms with Gasteiger partial charge >= 0.3 is 0 Å². The first kappa shape index (κ1) is 15.6. The van der Waals surface area contributed by atoms with Crippen molar-refractivity contribution in [1.82, 2.24) is 4.90 Å². The summed E-state index contributed by atoms with van der Waals surface area (Å²) in [6.07, 6.45) is 0. The highest BCUT2D eigenvalue weighted by Gasteiger charge is 2.37. The van der Waals surface area contributed by atoms with E-state index in [0.29, 0.717) is 5.69 Å². The van der Waals surface area contributed by atoms with Gasteiger partial charge in [0.25, 0.3) is 0 Å². The maximum absolute atomic E-state index is 12.0. The minimum absolute atomic E-state index is 0.235. The summed E-state index contributed by atoms with van der Waals surface area (Å²) in [5.74, 6) is -0.976. The van der Waals surface area contributed by atoms with Crippen LogP contribution in [0.5, 0.6) is 0 Å². The van der Waals surface area contributed by atoms with E-state index in [4.69, 9.17) is 0 Å². The van der Waals surface area contributed by atoms with Gasteiger partial charge in [0.05, 0.1) is 10.5 Å². The molecule has 1 N–H and O–H groups in total. The molecular weight excluding hydrogens is 288 g/mol. The lowest BCUT2D eigenvalue weighted by atomic mass is 10.2. The number of imide groups is 1. The molecule has 1 fully saturated rings. The minimum Gasteiger partial charge on any atom is -0.325 e. The summed E-state index contributed by atoms with van der Waals surface area (Å²) in [6.45, 7) is 5.22. The van der Waals surface area contributed by atoms with E-state index in [1.165, 1.54) is 11.8 Å². The van der Waals surface area contributed by atoms with E-state index in [9.17, 15) is 14.4 Å². The molecule has 0 unspecified atom stereocenters. The number of benzene rings is 1. The van der Waals surface area contributed by atoms with Gasteiger partial charge in [-0.15, -0.1) is 11.8 Å². The zero-order chi connectivity index (χ0) is 15.6. The fraction of sp³-hybridized carbons (Fsp3) is 0.400. The monoisotopic (exact) mass is 306 g/mol. The predicted molar refractivity (Wildman–Crippen MR) is 83.0 cm³/mol. The third-order valence-corrected chi connectivity index (χ3v) is 4.49. The van der Waals surface area contributed by atoms with E-state index in [1.807, 2.05) is 19.1 Å². The molecule has 0 bridgehead atoms. The molecule has 1 saturated heterocycles. The van der Waals surface area contributed by atoms with Crippen molar-refractivity contribution in [3.63, 3.8) is 0 Å². The van der Waals surface area contributed by atoms with Crippen molar-refractivity contribution in [2.24, 2.45) is 0 Å². The van der Waals surface area contributed by atoms with Gasteiger partial charge in [-0.1, -0.05) is 17.7 Å². The van der Waals surface area contributed by atoms with Gasteiger partial charge in [-0.05, 0) is 32.9 Å². The van der Waals surface area contributed by atoms with Crippen LogP contribution in [-0.4, -0.2) is 39.7 Å². The fourth-order valence-corrected chi connectivity index (χ4v) is 3.21. The number of carbonyl (C=O) groups excluding carboxylic acids is 3. The van der Waals surface area contributed by atoms with Crippen LogP contribution in [0.3, 0.4) is 0 Å². The zero-order valence-electron chi connectivity index (χ0n) is 12.3. The lowest BCUT2D eigenvalue weighted by Gasteiger charge is -2.31. The number of anilines is 1. The summed E-state index contributed by atoms with van der Waals surface area (Å²) in [7, 11) is 0. The quantitative estimate of drug-likeness (QED) is 0.865. The van der Waals surface area contributed by atoms with Gasteiger partial charge in [0.2, 0.25) is 17.7 Å². The molecule has 5 nitrogen and oxygen atoms in total. The first-order valence-electron chi connectivity index (χ1n) is 6.75. The second-order valence-electron chi connectivity index (χ2n) is 5.10. The van der Waals surface area contributed by atoms with Crippen LogP contribution >= 0.6 is 11.8 Å². The number of nitrogens with one attached hydrogen (secondary N) is 1. The Morgan fingerprint density at radius 3 is 2.19 bits per heavy atom. The minimum atomic E-state index is -0.369. The zero-order valence-corrected chi connectivity index (χ0v) is 13.1. The predicted octanol–water partition coefficient (Wildman–Crippen LogP) is 1.81. The van der Waals surface area contributed by atoms with Crippen LogP contribution < -0.4 is 5.32 Å². The van der Waals surface area contributed by atoms with E-state index >= 15 is 0 Å². The summed E-state index contributed by atoms with van der Waals surface area (Å²) in [5, 5.41) is 2.09. The molecule has 2 atom stereocenters. The van der Waals surface area contributed by atoms with Gasteiger partial charge in [0.1, 0.15) is 6.54 Å². The molecule has 0 spiro atoms. The summed E-state index contributed by atoms with van der Waals surface area (Å²) in [4.78, 5) is 37.1. The van der Waals surface area contributed by atoms with Crippen molar-refractivity contribution in [3.8, 4) is 0 Å². The van der Waals surface area contributed by atoms with E-state index in [1.54, 1.807) is 26.0 Å². The summed E-state index contributed by atoms with van der Waals surface area (Å²) in [5.41, 5.74) is 1.74. The van der Waals surface area contributed by atoms with Crippen LogP contribution in [0.15, 0.2) is 24.3 Å². The molecular formula is C15H18N2O3S. The number of aryl methyl sites for hydroxylation is 1. The number of thioether (sulfide) groups is 1. The highest BCUT2D eigenvalue weighted by Crippen LogP contribution is 2.26. The topological polar surface area (TPSA) is 66.5 Å². The Morgan fingerprint density at radius 1 is 1.14 bits per heavy atom. The van der Waals surface area contributed by atoms with Gasteiger partial charge in [0, 0.05) is 5.69 Å². The molecule has 3 amide bonds. The Morgan fingerprint density at radius 2 is 1.67 bits per heavy atom. The Balaban J connectivity index is 2.02. The number of nitrogens with zero attached hydrogens (tertiary/aromatic N) is 1. The molecule has 1 aliphatic rings. The van der Waals surface area contributed by atoms with Crippen LogP contribution in [0.2, 0.25) is 0 Å². The van der Waals surface area contributed by atoms with Crippen molar-refractivity contribution >= 4 is 35.2 Å². The van der Waals surface area contributed by atoms with Crippen LogP contribution in [-0.2, 0) is 14.4 Å². The van der Waals surface area contributed by atoms with Crippen molar-refractivity contribution in [1.29, 1.82) is 0 Å². The molecule has 1 aliphatic heterocycles. The molecule has 0 aromatic heterocycles. The molecule has 0 radical (unpaired) electrons. The third kappa shape index (κ3) is 3.64. The highest BCUT2D eigenvalue weighted by molar-refractivity contribution is 8.02. The first-order valence-corrected chi connectivity index (χ1v) is 7.70. The second kappa shape index (κ2) is 6.30. The molecule has 0 aliphatic carbocycles. The third-order valence-electron chi connectivity index (χ3n) is 3.27. The number of amides is 3. The summed E-state index contributed by atoms with van der Waals surface area (Å²) >= 11 is 1.32. The second-order valence-corrected chi connectivity index (χ2v) is 6.78.